The molecule has 0 spiro atoms. The Balaban J connectivity index is 2.29. The molecule has 1 atom stereocenters. The van der Waals surface area contributed by atoms with Crippen molar-refractivity contribution in [3.63, 3.8) is 0 Å². The van der Waals surface area contributed by atoms with Crippen LogP contribution in [0.15, 0.2) is 24.3 Å². The molecule has 1 saturated heterocycles. The molecule has 5 nitrogen and oxygen atoms in total. The average molecular weight is 251 g/mol. The molecule has 1 heterocycles. The summed E-state index contributed by atoms with van der Waals surface area (Å²) in [7, 11) is 0. The quantitative estimate of drug-likeness (QED) is 0.598. The SMILES string of the molecule is CC1(C)OC(c2ccc([N+](=O)[O-])cc2)C(C)(C)O1. The van der Waals surface area contributed by atoms with E-state index in [0.29, 0.717) is 0 Å². The van der Waals surface area contributed by atoms with Gasteiger partial charge in [0.25, 0.3) is 5.69 Å². The van der Waals surface area contributed by atoms with Crippen LogP contribution in [0.25, 0.3) is 0 Å². The van der Waals surface area contributed by atoms with Gasteiger partial charge in [0.2, 0.25) is 0 Å². The van der Waals surface area contributed by atoms with Crippen molar-refractivity contribution in [3.8, 4) is 0 Å². The first kappa shape index (κ1) is 13.0. The van der Waals surface area contributed by atoms with Crippen LogP contribution in [0.1, 0.15) is 39.4 Å². The Bertz CT molecular complexity index is 464. The first-order chi connectivity index (χ1) is 8.21. The fourth-order valence-electron chi connectivity index (χ4n) is 2.38. The fourth-order valence-corrected chi connectivity index (χ4v) is 2.38. The second-order valence-corrected chi connectivity index (χ2v) is 5.45. The normalized spacial score (nSPS) is 25.0. The molecule has 0 radical (unpaired) electrons. The number of nitrogens with zero attached hydrogens (tertiary/aromatic N) is 1. The zero-order valence-corrected chi connectivity index (χ0v) is 11.0. The molecule has 1 aromatic rings. The van der Waals surface area contributed by atoms with Gasteiger partial charge in [-0.25, -0.2) is 0 Å². The topological polar surface area (TPSA) is 61.6 Å². The molecule has 1 aliphatic heterocycles. The van der Waals surface area contributed by atoms with Crippen molar-refractivity contribution >= 4 is 5.69 Å². The lowest BCUT2D eigenvalue weighted by atomic mass is 9.95. The summed E-state index contributed by atoms with van der Waals surface area (Å²) in [6.07, 6.45) is -0.228. The highest BCUT2D eigenvalue weighted by atomic mass is 16.8. The minimum Gasteiger partial charge on any atom is -0.342 e. The third kappa shape index (κ3) is 2.37. The summed E-state index contributed by atoms with van der Waals surface area (Å²) in [6, 6.07) is 6.41. The monoisotopic (exact) mass is 251 g/mol. The summed E-state index contributed by atoms with van der Waals surface area (Å²) in [4.78, 5) is 10.2. The number of benzene rings is 1. The minimum atomic E-state index is -0.643. The van der Waals surface area contributed by atoms with Crippen LogP contribution in [-0.2, 0) is 9.47 Å². The third-order valence-corrected chi connectivity index (χ3v) is 2.95. The van der Waals surface area contributed by atoms with Gasteiger partial charge in [0.1, 0.15) is 6.10 Å². The summed E-state index contributed by atoms with van der Waals surface area (Å²) in [6.45, 7) is 7.63. The summed E-state index contributed by atoms with van der Waals surface area (Å²) in [5.74, 6) is -0.643. The molecule has 0 aromatic heterocycles. The van der Waals surface area contributed by atoms with Gasteiger partial charge in [-0.1, -0.05) is 0 Å². The standard InChI is InChI=1S/C13H17NO4/c1-12(2)11(17-13(3,4)18-12)9-5-7-10(8-6-9)14(15)16/h5-8,11H,1-4H3. The number of hydrogen-bond acceptors (Lipinski definition) is 4. The van der Waals surface area contributed by atoms with Crippen LogP contribution >= 0.6 is 0 Å². The lowest BCUT2D eigenvalue weighted by molar-refractivity contribution is -0.384. The van der Waals surface area contributed by atoms with Gasteiger partial charge < -0.3 is 9.47 Å². The Kier molecular flexibility index (Phi) is 2.91. The number of non-ortho nitro benzene ring substituents is 1. The van der Waals surface area contributed by atoms with E-state index in [1.807, 2.05) is 27.7 Å². The average Bonchev–Trinajstić information content (AvgIpc) is 2.47. The van der Waals surface area contributed by atoms with Crippen molar-refractivity contribution in [3.05, 3.63) is 39.9 Å². The fraction of sp³-hybridized carbons (Fsp3) is 0.538. The highest BCUT2D eigenvalue weighted by molar-refractivity contribution is 5.34. The number of hydrogen-bond donors (Lipinski definition) is 0. The van der Waals surface area contributed by atoms with Crippen LogP contribution in [0.5, 0.6) is 0 Å². The Morgan fingerprint density at radius 1 is 1.17 bits per heavy atom. The predicted octanol–water partition coefficient (Wildman–Crippen LogP) is 3.20. The minimum absolute atomic E-state index is 0.0785. The van der Waals surface area contributed by atoms with E-state index >= 15 is 0 Å². The van der Waals surface area contributed by atoms with Crippen molar-refractivity contribution in [2.24, 2.45) is 0 Å². The zero-order valence-electron chi connectivity index (χ0n) is 11.0. The van der Waals surface area contributed by atoms with Crippen molar-refractivity contribution in [2.45, 2.75) is 45.2 Å². The smallest absolute Gasteiger partial charge is 0.269 e. The maximum absolute atomic E-state index is 10.6. The van der Waals surface area contributed by atoms with Crippen LogP contribution in [0.3, 0.4) is 0 Å². The molecule has 2 rings (SSSR count). The maximum atomic E-state index is 10.6. The molecule has 18 heavy (non-hydrogen) atoms. The summed E-state index contributed by atoms with van der Waals surface area (Å²) in [5.41, 5.74) is 0.505. The van der Waals surface area contributed by atoms with Gasteiger partial charge in [0.05, 0.1) is 10.5 Å². The second-order valence-electron chi connectivity index (χ2n) is 5.45. The Labute approximate surface area is 106 Å². The number of nitro groups is 1. The molecular weight excluding hydrogens is 234 g/mol. The molecule has 5 heteroatoms. The van der Waals surface area contributed by atoms with Gasteiger partial charge in [0, 0.05) is 12.1 Å². The van der Waals surface area contributed by atoms with Crippen LogP contribution in [0.2, 0.25) is 0 Å². The third-order valence-electron chi connectivity index (χ3n) is 2.95. The molecule has 0 aliphatic carbocycles. The Hall–Kier alpha value is -1.46. The molecular formula is C13H17NO4. The van der Waals surface area contributed by atoms with Crippen molar-refractivity contribution in [2.75, 3.05) is 0 Å². The highest BCUT2D eigenvalue weighted by Gasteiger charge is 2.47. The van der Waals surface area contributed by atoms with Gasteiger partial charge in [-0.15, -0.1) is 0 Å². The van der Waals surface area contributed by atoms with E-state index in [4.69, 9.17) is 9.47 Å². The molecule has 0 amide bonds. The van der Waals surface area contributed by atoms with E-state index in [9.17, 15) is 10.1 Å². The van der Waals surface area contributed by atoms with Gasteiger partial charge in [0.15, 0.2) is 5.79 Å². The largest absolute Gasteiger partial charge is 0.342 e. The Morgan fingerprint density at radius 3 is 2.11 bits per heavy atom. The molecule has 1 aromatic carbocycles. The van der Waals surface area contributed by atoms with Gasteiger partial charge in [-0.2, -0.15) is 0 Å². The molecule has 0 N–H and O–H groups in total. The number of nitro benzene ring substituents is 1. The molecule has 1 unspecified atom stereocenters. The zero-order chi connectivity index (χ0) is 13.6. The molecule has 1 fully saturated rings. The highest BCUT2D eigenvalue weighted by Crippen LogP contribution is 2.45. The van der Waals surface area contributed by atoms with Crippen molar-refractivity contribution in [1.82, 2.24) is 0 Å². The number of ether oxygens (including phenoxy) is 2. The first-order valence-corrected chi connectivity index (χ1v) is 5.84. The molecule has 98 valence electrons. The van der Waals surface area contributed by atoms with E-state index in [0.717, 1.165) is 5.56 Å². The van der Waals surface area contributed by atoms with Crippen LogP contribution < -0.4 is 0 Å². The van der Waals surface area contributed by atoms with E-state index in [2.05, 4.69) is 0 Å². The summed E-state index contributed by atoms with van der Waals surface area (Å²) < 4.78 is 11.7. The molecule has 0 saturated carbocycles. The van der Waals surface area contributed by atoms with Crippen LogP contribution in [0.4, 0.5) is 5.69 Å². The lowest BCUT2D eigenvalue weighted by Crippen LogP contribution is -2.28. The Morgan fingerprint density at radius 2 is 1.72 bits per heavy atom. The molecule has 1 aliphatic rings. The van der Waals surface area contributed by atoms with Crippen LogP contribution in [-0.4, -0.2) is 16.3 Å². The van der Waals surface area contributed by atoms with E-state index in [-0.39, 0.29) is 11.8 Å². The van der Waals surface area contributed by atoms with Gasteiger partial charge in [-0.3, -0.25) is 10.1 Å². The van der Waals surface area contributed by atoms with E-state index in [1.165, 1.54) is 12.1 Å². The molecule has 0 bridgehead atoms. The second kappa shape index (κ2) is 4.03. The summed E-state index contributed by atoms with van der Waals surface area (Å²) in [5, 5.41) is 10.6. The van der Waals surface area contributed by atoms with Crippen molar-refractivity contribution in [1.29, 1.82) is 0 Å². The van der Waals surface area contributed by atoms with Gasteiger partial charge >= 0.3 is 0 Å². The van der Waals surface area contributed by atoms with Gasteiger partial charge in [-0.05, 0) is 45.4 Å². The lowest BCUT2D eigenvalue weighted by Gasteiger charge is -2.24. The van der Waals surface area contributed by atoms with E-state index in [1.54, 1.807) is 12.1 Å². The predicted molar refractivity (Wildman–Crippen MR) is 66.2 cm³/mol. The first-order valence-electron chi connectivity index (χ1n) is 5.84. The van der Waals surface area contributed by atoms with E-state index < -0.39 is 16.3 Å². The number of rotatable bonds is 2. The van der Waals surface area contributed by atoms with Crippen LogP contribution in [0, 0.1) is 10.1 Å². The van der Waals surface area contributed by atoms with Crippen molar-refractivity contribution < 1.29 is 14.4 Å². The maximum Gasteiger partial charge on any atom is 0.269 e. The summed E-state index contributed by atoms with van der Waals surface area (Å²) >= 11 is 0.